The lowest BCUT2D eigenvalue weighted by molar-refractivity contribution is -0.347. The Morgan fingerprint density at radius 2 is 1.53 bits per heavy atom. The zero-order valence-electron chi connectivity index (χ0n) is 18.2. The summed E-state index contributed by atoms with van der Waals surface area (Å²) in [5.74, 6) is -1.28. The van der Waals surface area contributed by atoms with E-state index in [-0.39, 0.29) is 6.61 Å². The number of aliphatic hydroxyl groups is 5. The Bertz CT molecular complexity index is 621. The molecule has 0 unspecified atom stereocenters. The Balaban J connectivity index is 2.29. The molecule has 2 aliphatic rings. The monoisotopic (exact) mass is 467 g/mol. The van der Waals surface area contributed by atoms with Crippen molar-refractivity contribution in [1.82, 2.24) is 5.32 Å². The predicted molar refractivity (Wildman–Crippen MR) is 104 cm³/mol. The fourth-order valence-electron chi connectivity index (χ4n) is 3.64. The highest BCUT2D eigenvalue weighted by molar-refractivity contribution is 5.73. The molecule has 0 radical (unpaired) electrons. The standard InChI is InChI=1S/C19H33NO12/c1-4-5-28-19-17(29-9(3)24)15(27)16(11(7-22)31-19)32-18-12(20-8(2)23)14(26)13(25)10(6-21)30-18/h10-19,21-22,25-27H,4-7H2,1-3H3,(H,20,23)/t10-,11-,12-,13-,14-,15+,16-,17-,18+,19+/m1/s1. The topological polar surface area (TPSA) is 193 Å². The summed E-state index contributed by atoms with van der Waals surface area (Å²) in [6, 6.07) is -1.28. The Labute approximate surface area is 185 Å². The summed E-state index contributed by atoms with van der Waals surface area (Å²) in [4.78, 5) is 23.2. The molecule has 0 aromatic heterocycles. The third kappa shape index (κ3) is 6.34. The molecule has 1 amide bonds. The van der Waals surface area contributed by atoms with Crippen molar-refractivity contribution < 1.29 is 58.8 Å². The number of hydrogen-bond donors (Lipinski definition) is 6. The maximum absolute atomic E-state index is 11.6. The number of rotatable bonds is 9. The first-order valence-corrected chi connectivity index (χ1v) is 10.4. The fraction of sp³-hybridized carbons (Fsp3) is 0.895. The second-order valence-corrected chi connectivity index (χ2v) is 7.69. The van der Waals surface area contributed by atoms with Crippen LogP contribution in [0.1, 0.15) is 27.2 Å². The number of aliphatic hydroxyl groups excluding tert-OH is 5. The molecule has 2 heterocycles. The van der Waals surface area contributed by atoms with Crippen LogP contribution in [0.4, 0.5) is 0 Å². The molecule has 2 aliphatic heterocycles. The van der Waals surface area contributed by atoms with Gasteiger partial charge in [0.2, 0.25) is 5.91 Å². The Hall–Kier alpha value is -1.42. The number of esters is 1. The Kier molecular flexibility index (Phi) is 10.2. The molecule has 13 nitrogen and oxygen atoms in total. The van der Waals surface area contributed by atoms with E-state index in [0.29, 0.717) is 6.42 Å². The minimum atomic E-state index is -1.58. The molecule has 6 N–H and O–H groups in total. The Morgan fingerprint density at radius 1 is 0.906 bits per heavy atom. The molecule has 0 aliphatic carbocycles. The van der Waals surface area contributed by atoms with Crippen molar-refractivity contribution in [1.29, 1.82) is 0 Å². The molecule has 2 fully saturated rings. The first-order valence-electron chi connectivity index (χ1n) is 10.4. The zero-order chi connectivity index (χ0) is 24.0. The van der Waals surface area contributed by atoms with Gasteiger partial charge in [-0.3, -0.25) is 9.59 Å². The molecule has 32 heavy (non-hydrogen) atoms. The first kappa shape index (κ1) is 26.8. The number of carbonyl (C=O) groups excluding carboxylic acids is 2. The van der Waals surface area contributed by atoms with Crippen LogP contribution in [0.15, 0.2) is 0 Å². The summed E-state index contributed by atoms with van der Waals surface area (Å²) in [7, 11) is 0. The number of ether oxygens (including phenoxy) is 5. The third-order valence-corrected chi connectivity index (χ3v) is 5.13. The molecule has 13 heteroatoms. The van der Waals surface area contributed by atoms with Crippen molar-refractivity contribution >= 4 is 11.9 Å². The summed E-state index contributed by atoms with van der Waals surface area (Å²) in [5.41, 5.74) is 0. The molecule has 2 saturated heterocycles. The molecule has 0 spiro atoms. The smallest absolute Gasteiger partial charge is 0.303 e. The molecule has 186 valence electrons. The van der Waals surface area contributed by atoms with Crippen molar-refractivity contribution in [2.24, 2.45) is 0 Å². The lowest BCUT2D eigenvalue weighted by Crippen LogP contribution is -2.68. The van der Waals surface area contributed by atoms with Crippen molar-refractivity contribution in [3.63, 3.8) is 0 Å². The maximum Gasteiger partial charge on any atom is 0.303 e. The zero-order valence-corrected chi connectivity index (χ0v) is 18.2. The van der Waals surface area contributed by atoms with Gasteiger partial charge in [0.15, 0.2) is 18.7 Å². The van der Waals surface area contributed by atoms with Gasteiger partial charge >= 0.3 is 5.97 Å². The molecular formula is C19H33NO12. The normalized spacial score (nSPS) is 40.0. The molecule has 0 aromatic rings. The lowest BCUT2D eigenvalue weighted by Gasteiger charge is -2.47. The molecule has 10 atom stereocenters. The minimum absolute atomic E-state index is 0.234. The molecule has 0 bridgehead atoms. The average molecular weight is 467 g/mol. The summed E-state index contributed by atoms with van der Waals surface area (Å²) in [6.07, 6.45) is -11.7. The van der Waals surface area contributed by atoms with E-state index in [4.69, 9.17) is 23.7 Å². The summed E-state index contributed by atoms with van der Waals surface area (Å²) in [6.45, 7) is 3.11. The van der Waals surface area contributed by atoms with E-state index in [2.05, 4.69) is 5.32 Å². The molecular weight excluding hydrogens is 434 g/mol. The van der Waals surface area contributed by atoms with Gasteiger partial charge in [0, 0.05) is 20.5 Å². The highest BCUT2D eigenvalue weighted by Crippen LogP contribution is 2.31. The van der Waals surface area contributed by atoms with E-state index in [0.717, 1.165) is 6.92 Å². The van der Waals surface area contributed by atoms with Crippen LogP contribution >= 0.6 is 0 Å². The summed E-state index contributed by atoms with van der Waals surface area (Å²) >= 11 is 0. The lowest BCUT2D eigenvalue weighted by atomic mass is 9.95. The Morgan fingerprint density at radius 3 is 2.06 bits per heavy atom. The highest BCUT2D eigenvalue weighted by atomic mass is 16.7. The predicted octanol–water partition coefficient (Wildman–Crippen LogP) is -3.25. The van der Waals surface area contributed by atoms with Gasteiger partial charge in [0.1, 0.15) is 42.7 Å². The van der Waals surface area contributed by atoms with E-state index in [1.54, 1.807) is 0 Å². The second-order valence-electron chi connectivity index (χ2n) is 7.69. The van der Waals surface area contributed by atoms with Crippen LogP contribution in [0.25, 0.3) is 0 Å². The van der Waals surface area contributed by atoms with Crippen LogP contribution in [0.2, 0.25) is 0 Å². The van der Waals surface area contributed by atoms with Crippen LogP contribution in [-0.4, -0.2) is 119 Å². The van der Waals surface area contributed by atoms with Gasteiger partial charge in [0.25, 0.3) is 0 Å². The third-order valence-electron chi connectivity index (χ3n) is 5.13. The van der Waals surface area contributed by atoms with E-state index < -0.39 is 86.4 Å². The van der Waals surface area contributed by atoms with Crippen LogP contribution < -0.4 is 5.32 Å². The van der Waals surface area contributed by atoms with Gasteiger partial charge in [-0.1, -0.05) is 6.92 Å². The first-order chi connectivity index (χ1) is 15.1. The molecule has 0 aromatic carbocycles. The van der Waals surface area contributed by atoms with Crippen LogP contribution in [-0.2, 0) is 33.3 Å². The summed E-state index contributed by atoms with van der Waals surface area (Å²) in [5, 5.41) is 53.1. The second kappa shape index (κ2) is 12.2. The van der Waals surface area contributed by atoms with Crippen LogP contribution in [0.5, 0.6) is 0 Å². The van der Waals surface area contributed by atoms with Gasteiger partial charge in [-0.2, -0.15) is 0 Å². The minimum Gasteiger partial charge on any atom is -0.454 e. The van der Waals surface area contributed by atoms with E-state index in [1.165, 1.54) is 6.92 Å². The van der Waals surface area contributed by atoms with Gasteiger partial charge < -0.3 is 54.5 Å². The number of hydrogen-bond acceptors (Lipinski definition) is 12. The van der Waals surface area contributed by atoms with E-state index >= 15 is 0 Å². The quantitative estimate of drug-likeness (QED) is 0.186. The average Bonchev–Trinajstić information content (AvgIpc) is 2.74. The molecule has 0 saturated carbocycles. The van der Waals surface area contributed by atoms with Crippen molar-refractivity contribution in [3.8, 4) is 0 Å². The largest absolute Gasteiger partial charge is 0.454 e. The number of carbonyl (C=O) groups is 2. The van der Waals surface area contributed by atoms with Gasteiger partial charge in [0.05, 0.1) is 13.2 Å². The fourth-order valence-corrected chi connectivity index (χ4v) is 3.64. The SMILES string of the molecule is CCCO[C@H]1O[C@H](CO)[C@@H](O[C@@H]2O[C@H](CO)[C@@H](O)[C@H](O)[C@H]2NC(C)=O)[C@H](O)[C@H]1OC(C)=O. The van der Waals surface area contributed by atoms with Gasteiger partial charge in [-0.15, -0.1) is 0 Å². The van der Waals surface area contributed by atoms with Crippen molar-refractivity contribution in [2.45, 2.75) is 88.5 Å². The molecule has 2 rings (SSSR count). The highest BCUT2D eigenvalue weighted by Gasteiger charge is 2.52. The summed E-state index contributed by atoms with van der Waals surface area (Å²) < 4.78 is 27.6. The number of amides is 1. The van der Waals surface area contributed by atoms with E-state index in [9.17, 15) is 35.1 Å². The number of nitrogens with one attached hydrogen (secondary N) is 1. The van der Waals surface area contributed by atoms with Crippen LogP contribution in [0, 0.1) is 0 Å². The van der Waals surface area contributed by atoms with E-state index in [1.807, 2.05) is 6.92 Å². The van der Waals surface area contributed by atoms with Crippen molar-refractivity contribution in [2.75, 3.05) is 19.8 Å². The van der Waals surface area contributed by atoms with Gasteiger partial charge in [-0.05, 0) is 6.42 Å². The van der Waals surface area contributed by atoms with Crippen molar-refractivity contribution in [3.05, 3.63) is 0 Å². The maximum atomic E-state index is 11.6. The van der Waals surface area contributed by atoms with Crippen LogP contribution in [0.3, 0.4) is 0 Å². The van der Waals surface area contributed by atoms with Gasteiger partial charge in [-0.25, -0.2) is 0 Å².